The Labute approximate surface area is 117 Å². The number of hydrogen-bond donors (Lipinski definition) is 1. The molecular formula is C13H7BrClFN2. The van der Waals surface area contributed by atoms with Gasteiger partial charge in [-0.15, -0.1) is 0 Å². The second-order valence-corrected chi connectivity index (χ2v) is 4.82. The predicted octanol–water partition coefficient (Wildman–Crippen LogP) is 4.86. The molecule has 2 rings (SSSR count). The van der Waals surface area contributed by atoms with Gasteiger partial charge in [0.25, 0.3) is 0 Å². The van der Waals surface area contributed by atoms with E-state index in [1.165, 1.54) is 6.07 Å². The summed E-state index contributed by atoms with van der Waals surface area (Å²) in [5.74, 6) is -0.347. The molecule has 0 radical (unpaired) electrons. The van der Waals surface area contributed by atoms with Gasteiger partial charge in [-0.1, -0.05) is 11.6 Å². The van der Waals surface area contributed by atoms with E-state index >= 15 is 0 Å². The lowest BCUT2D eigenvalue weighted by Gasteiger charge is -2.08. The highest BCUT2D eigenvalue weighted by molar-refractivity contribution is 9.10. The van der Waals surface area contributed by atoms with Crippen LogP contribution in [0.4, 0.5) is 15.8 Å². The van der Waals surface area contributed by atoms with Crippen molar-refractivity contribution < 1.29 is 4.39 Å². The number of hydrogen-bond acceptors (Lipinski definition) is 2. The maximum absolute atomic E-state index is 13.3. The molecule has 18 heavy (non-hydrogen) atoms. The first-order chi connectivity index (χ1) is 8.60. The van der Waals surface area contributed by atoms with Gasteiger partial charge < -0.3 is 5.32 Å². The highest BCUT2D eigenvalue weighted by atomic mass is 79.9. The molecule has 0 saturated heterocycles. The molecule has 0 aliphatic heterocycles. The van der Waals surface area contributed by atoms with Crippen LogP contribution >= 0.6 is 27.5 Å². The normalized spacial score (nSPS) is 9.89. The third-order valence-corrected chi connectivity index (χ3v) is 3.25. The van der Waals surface area contributed by atoms with Gasteiger partial charge in [-0.2, -0.15) is 5.26 Å². The monoisotopic (exact) mass is 324 g/mol. The molecule has 2 aromatic rings. The molecule has 0 saturated carbocycles. The third-order valence-electron chi connectivity index (χ3n) is 2.30. The highest BCUT2D eigenvalue weighted by Crippen LogP contribution is 2.25. The number of nitriles is 1. The molecule has 0 aliphatic rings. The van der Waals surface area contributed by atoms with Crippen LogP contribution in [0.3, 0.4) is 0 Å². The van der Waals surface area contributed by atoms with Crippen LogP contribution in [0.1, 0.15) is 5.56 Å². The molecule has 0 aliphatic carbocycles. The van der Waals surface area contributed by atoms with Crippen LogP contribution in [-0.2, 0) is 0 Å². The van der Waals surface area contributed by atoms with Crippen LogP contribution in [0, 0.1) is 17.1 Å². The molecule has 2 nitrogen and oxygen atoms in total. The Morgan fingerprint density at radius 2 is 1.83 bits per heavy atom. The van der Waals surface area contributed by atoms with Gasteiger partial charge in [0.2, 0.25) is 0 Å². The Morgan fingerprint density at radius 3 is 2.44 bits per heavy atom. The van der Waals surface area contributed by atoms with E-state index < -0.39 is 0 Å². The summed E-state index contributed by atoms with van der Waals surface area (Å²) >= 11 is 8.99. The standard InChI is InChI=1S/C13H7BrClFN2/c14-11-4-3-10(6-13(11)16)18-9-2-1-8(7-17)12(15)5-9/h1-6,18H. The highest BCUT2D eigenvalue weighted by Gasteiger charge is 2.03. The summed E-state index contributed by atoms with van der Waals surface area (Å²) < 4.78 is 13.7. The Bertz CT molecular complexity index is 637. The van der Waals surface area contributed by atoms with Crippen molar-refractivity contribution in [3.8, 4) is 6.07 Å². The maximum atomic E-state index is 13.3. The zero-order valence-electron chi connectivity index (χ0n) is 9.05. The van der Waals surface area contributed by atoms with Crippen molar-refractivity contribution >= 4 is 38.9 Å². The van der Waals surface area contributed by atoms with E-state index in [4.69, 9.17) is 16.9 Å². The molecular weight excluding hydrogens is 319 g/mol. The Balaban J connectivity index is 2.26. The lowest BCUT2D eigenvalue weighted by molar-refractivity contribution is 0.622. The largest absolute Gasteiger partial charge is 0.355 e. The topological polar surface area (TPSA) is 35.8 Å². The van der Waals surface area contributed by atoms with Crippen LogP contribution in [0.25, 0.3) is 0 Å². The summed E-state index contributed by atoms with van der Waals surface area (Å²) in [6, 6.07) is 11.6. The van der Waals surface area contributed by atoms with E-state index in [0.29, 0.717) is 26.4 Å². The minimum Gasteiger partial charge on any atom is -0.355 e. The van der Waals surface area contributed by atoms with Gasteiger partial charge in [0.1, 0.15) is 11.9 Å². The molecule has 0 atom stereocenters. The van der Waals surface area contributed by atoms with E-state index in [1.54, 1.807) is 30.3 Å². The van der Waals surface area contributed by atoms with E-state index in [-0.39, 0.29) is 5.82 Å². The molecule has 1 N–H and O–H groups in total. The number of halogens is 3. The molecule has 0 bridgehead atoms. The molecule has 5 heteroatoms. The van der Waals surface area contributed by atoms with Gasteiger partial charge in [0, 0.05) is 11.4 Å². The van der Waals surface area contributed by atoms with Gasteiger partial charge in [0.05, 0.1) is 15.1 Å². The van der Waals surface area contributed by atoms with Crippen LogP contribution in [0.15, 0.2) is 40.9 Å². The van der Waals surface area contributed by atoms with E-state index in [1.807, 2.05) is 6.07 Å². The zero-order chi connectivity index (χ0) is 13.1. The van der Waals surface area contributed by atoms with Crippen molar-refractivity contribution in [3.63, 3.8) is 0 Å². The van der Waals surface area contributed by atoms with Crippen LogP contribution in [0.2, 0.25) is 5.02 Å². The fourth-order valence-electron chi connectivity index (χ4n) is 1.42. The molecule has 2 aromatic carbocycles. The molecule has 0 aromatic heterocycles. The quantitative estimate of drug-likeness (QED) is 0.856. The van der Waals surface area contributed by atoms with E-state index in [2.05, 4.69) is 21.2 Å². The first-order valence-corrected chi connectivity index (χ1v) is 6.19. The van der Waals surface area contributed by atoms with Gasteiger partial charge in [-0.3, -0.25) is 0 Å². The number of anilines is 2. The van der Waals surface area contributed by atoms with Crippen molar-refractivity contribution in [1.82, 2.24) is 0 Å². The average molecular weight is 326 g/mol. The summed E-state index contributed by atoms with van der Waals surface area (Å²) in [6.45, 7) is 0. The summed E-state index contributed by atoms with van der Waals surface area (Å²) in [6.07, 6.45) is 0. The number of rotatable bonds is 2. The molecule has 0 fully saturated rings. The number of benzene rings is 2. The predicted molar refractivity (Wildman–Crippen MR) is 73.5 cm³/mol. The summed E-state index contributed by atoms with van der Waals surface area (Å²) in [5, 5.41) is 12.1. The van der Waals surface area contributed by atoms with E-state index in [9.17, 15) is 4.39 Å². The van der Waals surface area contributed by atoms with Gasteiger partial charge in [-0.25, -0.2) is 4.39 Å². The van der Waals surface area contributed by atoms with Gasteiger partial charge >= 0.3 is 0 Å². The number of nitrogens with one attached hydrogen (secondary N) is 1. The van der Waals surface area contributed by atoms with Crippen molar-refractivity contribution in [2.75, 3.05) is 5.32 Å². The zero-order valence-corrected chi connectivity index (χ0v) is 11.4. The van der Waals surface area contributed by atoms with Crippen molar-refractivity contribution in [2.45, 2.75) is 0 Å². The second kappa shape index (κ2) is 5.38. The lowest BCUT2D eigenvalue weighted by Crippen LogP contribution is -1.92. The maximum Gasteiger partial charge on any atom is 0.139 e. The fourth-order valence-corrected chi connectivity index (χ4v) is 1.89. The minimum absolute atomic E-state index is 0.347. The average Bonchev–Trinajstić information content (AvgIpc) is 2.34. The second-order valence-electron chi connectivity index (χ2n) is 3.56. The molecule has 90 valence electrons. The molecule has 0 unspecified atom stereocenters. The Morgan fingerprint density at radius 1 is 1.17 bits per heavy atom. The van der Waals surface area contributed by atoms with Gasteiger partial charge in [-0.05, 0) is 52.3 Å². The molecule has 0 spiro atoms. The number of nitrogens with zero attached hydrogens (tertiary/aromatic N) is 1. The van der Waals surface area contributed by atoms with Crippen molar-refractivity contribution in [3.05, 3.63) is 57.3 Å². The SMILES string of the molecule is N#Cc1ccc(Nc2ccc(Br)c(F)c2)cc1Cl. The fraction of sp³-hybridized carbons (Fsp3) is 0. The summed E-state index contributed by atoms with van der Waals surface area (Å²) in [4.78, 5) is 0. The first-order valence-electron chi connectivity index (χ1n) is 5.02. The van der Waals surface area contributed by atoms with Crippen LogP contribution in [-0.4, -0.2) is 0 Å². The first kappa shape index (κ1) is 12.9. The van der Waals surface area contributed by atoms with Crippen LogP contribution < -0.4 is 5.32 Å². The Hall–Kier alpha value is -1.57. The summed E-state index contributed by atoms with van der Waals surface area (Å²) in [7, 11) is 0. The molecule has 0 heterocycles. The van der Waals surface area contributed by atoms with Crippen molar-refractivity contribution in [1.29, 1.82) is 5.26 Å². The smallest absolute Gasteiger partial charge is 0.139 e. The van der Waals surface area contributed by atoms with Gasteiger partial charge in [0.15, 0.2) is 0 Å². The summed E-state index contributed by atoms with van der Waals surface area (Å²) in [5.41, 5.74) is 1.71. The third kappa shape index (κ3) is 2.81. The van der Waals surface area contributed by atoms with E-state index in [0.717, 1.165) is 0 Å². The Kier molecular flexibility index (Phi) is 3.85. The molecule has 0 amide bonds. The minimum atomic E-state index is -0.347. The lowest BCUT2D eigenvalue weighted by atomic mass is 10.2. The van der Waals surface area contributed by atoms with Crippen molar-refractivity contribution in [2.24, 2.45) is 0 Å². The van der Waals surface area contributed by atoms with Crippen LogP contribution in [0.5, 0.6) is 0 Å².